The van der Waals surface area contributed by atoms with Crippen LogP contribution in [-0.2, 0) is 20.7 Å². The largest absolute Gasteiger partial charge is 0.469 e. The Morgan fingerprint density at radius 2 is 1.96 bits per heavy atom. The molecular weight excluding hydrogens is 375 g/mol. The number of ether oxygens (including phenoxy) is 1. The molecule has 1 amide bonds. The molecule has 0 fully saturated rings. The number of carbonyl (C=O) groups is 2. The average Bonchev–Trinajstić information content (AvgIpc) is 2.60. The van der Waals surface area contributed by atoms with Crippen molar-refractivity contribution in [2.75, 3.05) is 12.4 Å². The van der Waals surface area contributed by atoms with Crippen molar-refractivity contribution in [2.24, 2.45) is 0 Å². The van der Waals surface area contributed by atoms with Crippen LogP contribution in [-0.4, -0.2) is 25.2 Å². The Morgan fingerprint density at radius 1 is 1.23 bits per heavy atom. The number of benzene rings is 2. The van der Waals surface area contributed by atoms with Crippen molar-refractivity contribution in [3.8, 4) is 0 Å². The third-order valence-electron chi connectivity index (χ3n) is 4.27. The first-order valence-corrected chi connectivity index (χ1v) is 8.90. The molecule has 0 spiro atoms. The van der Waals surface area contributed by atoms with Gasteiger partial charge in [0.25, 0.3) is 0 Å². The first kappa shape index (κ1) is 18.5. The fourth-order valence-corrected chi connectivity index (χ4v) is 3.76. The van der Waals surface area contributed by atoms with Crippen molar-refractivity contribution in [2.45, 2.75) is 24.9 Å². The fourth-order valence-electron chi connectivity index (χ4n) is 3.14. The van der Waals surface area contributed by atoms with E-state index in [1.807, 2.05) is 30.3 Å². The Hall–Kier alpha value is -2.24. The Morgan fingerprint density at radius 3 is 2.65 bits per heavy atom. The maximum absolute atomic E-state index is 12.4. The van der Waals surface area contributed by atoms with E-state index < -0.39 is 18.1 Å². The van der Waals surface area contributed by atoms with Crippen LogP contribution in [0.15, 0.2) is 42.5 Å². The second-order valence-electron chi connectivity index (χ2n) is 6.09. The van der Waals surface area contributed by atoms with Gasteiger partial charge in [0.1, 0.15) is 0 Å². The van der Waals surface area contributed by atoms with Gasteiger partial charge in [-0.2, -0.15) is 0 Å². The summed E-state index contributed by atoms with van der Waals surface area (Å²) < 4.78 is 4.91. The van der Waals surface area contributed by atoms with Crippen LogP contribution in [0, 0.1) is 0 Å². The standard InChI is InChI=1S/C19H18Cl2N2O3/c1-26-19(25)13-10-16(22-15-9-12(20)8-14(21)18(13)15)23-17(24)7-11-5-3-2-4-6-11/h2-6,8-9,13,16,22H,7,10H2,1H3,(H,23,24). The molecule has 26 heavy (non-hydrogen) atoms. The average molecular weight is 393 g/mol. The molecule has 2 unspecified atom stereocenters. The SMILES string of the molecule is COC(=O)C1CC(NC(=O)Cc2ccccc2)Nc2cc(Cl)cc(Cl)c21. The summed E-state index contributed by atoms with van der Waals surface area (Å²) in [6.45, 7) is 0. The molecule has 2 aromatic rings. The van der Waals surface area contributed by atoms with Gasteiger partial charge in [0.05, 0.1) is 25.6 Å². The van der Waals surface area contributed by atoms with Gasteiger partial charge in [-0.1, -0.05) is 53.5 Å². The lowest BCUT2D eigenvalue weighted by molar-refractivity contribution is -0.143. The van der Waals surface area contributed by atoms with E-state index in [1.165, 1.54) is 7.11 Å². The second-order valence-corrected chi connectivity index (χ2v) is 6.93. The van der Waals surface area contributed by atoms with E-state index in [2.05, 4.69) is 10.6 Å². The van der Waals surface area contributed by atoms with Crippen LogP contribution in [0.4, 0.5) is 5.69 Å². The molecule has 0 aliphatic carbocycles. The molecular formula is C19H18Cl2N2O3. The Balaban J connectivity index is 1.79. The molecule has 2 N–H and O–H groups in total. The third-order valence-corrected chi connectivity index (χ3v) is 4.80. The minimum Gasteiger partial charge on any atom is -0.469 e. The summed E-state index contributed by atoms with van der Waals surface area (Å²) in [5.74, 6) is -1.13. The molecule has 3 rings (SSSR count). The van der Waals surface area contributed by atoms with Crippen LogP contribution < -0.4 is 10.6 Å². The van der Waals surface area contributed by atoms with Gasteiger partial charge in [-0.15, -0.1) is 0 Å². The molecule has 1 aliphatic rings. The summed E-state index contributed by atoms with van der Waals surface area (Å²) in [6.07, 6.45) is 0.157. The van der Waals surface area contributed by atoms with E-state index >= 15 is 0 Å². The van der Waals surface area contributed by atoms with Crippen LogP contribution in [0.25, 0.3) is 0 Å². The maximum Gasteiger partial charge on any atom is 0.313 e. The molecule has 7 heteroatoms. The van der Waals surface area contributed by atoms with Crippen LogP contribution >= 0.6 is 23.2 Å². The number of anilines is 1. The van der Waals surface area contributed by atoms with Gasteiger partial charge < -0.3 is 15.4 Å². The molecule has 0 aromatic heterocycles. The van der Waals surface area contributed by atoms with Crippen LogP contribution in [0.3, 0.4) is 0 Å². The van der Waals surface area contributed by atoms with E-state index in [9.17, 15) is 9.59 Å². The van der Waals surface area contributed by atoms with Crippen LogP contribution in [0.5, 0.6) is 0 Å². The lowest BCUT2D eigenvalue weighted by atomic mass is 9.89. The van der Waals surface area contributed by atoms with Crippen molar-refractivity contribution in [1.29, 1.82) is 0 Å². The number of halogens is 2. The maximum atomic E-state index is 12.4. The zero-order valence-electron chi connectivity index (χ0n) is 14.1. The quantitative estimate of drug-likeness (QED) is 0.777. The fraction of sp³-hybridized carbons (Fsp3) is 0.263. The Kier molecular flexibility index (Phi) is 5.69. The first-order valence-electron chi connectivity index (χ1n) is 8.14. The van der Waals surface area contributed by atoms with Crippen molar-refractivity contribution in [3.63, 3.8) is 0 Å². The number of hydrogen-bond acceptors (Lipinski definition) is 4. The van der Waals surface area contributed by atoms with Gasteiger partial charge in [0, 0.05) is 27.7 Å². The molecule has 0 saturated heterocycles. The van der Waals surface area contributed by atoms with Crippen molar-refractivity contribution in [3.05, 3.63) is 63.6 Å². The number of methoxy groups -OCH3 is 1. The molecule has 2 aromatic carbocycles. The van der Waals surface area contributed by atoms with Gasteiger partial charge >= 0.3 is 5.97 Å². The van der Waals surface area contributed by atoms with Crippen molar-refractivity contribution in [1.82, 2.24) is 5.32 Å². The normalized spacial score (nSPS) is 18.4. The number of carbonyl (C=O) groups excluding carboxylic acids is 2. The summed E-state index contributed by atoms with van der Waals surface area (Å²) in [6, 6.07) is 12.7. The van der Waals surface area contributed by atoms with E-state index in [1.54, 1.807) is 12.1 Å². The minimum absolute atomic E-state index is 0.145. The molecule has 0 saturated carbocycles. The zero-order chi connectivity index (χ0) is 18.7. The highest BCUT2D eigenvalue weighted by Crippen LogP contribution is 2.41. The predicted octanol–water partition coefficient (Wildman–Crippen LogP) is 3.75. The third kappa shape index (κ3) is 4.11. The van der Waals surface area contributed by atoms with Gasteiger partial charge in [-0.05, 0) is 17.7 Å². The molecule has 0 radical (unpaired) electrons. The molecule has 1 heterocycles. The lowest BCUT2D eigenvalue weighted by Gasteiger charge is -2.33. The lowest BCUT2D eigenvalue weighted by Crippen LogP contribution is -2.45. The van der Waals surface area contributed by atoms with Crippen LogP contribution in [0.1, 0.15) is 23.5 Å². The number of rotatable bonds is 4. The smallest absolute Gasteiger partial charge is 0.313 e. The Bertz CT molecular complexity index is 827. The molecule has 0 bridgehead atoms. The second kappa shape index (κ2) is 7.98. The summed E-state index contributed by atoms with van der Waals surface area (Å²) in [5, 5.41) is 6.95. The van der Waals surface area contributed by atoms with Crippen molar-refractivity contribution >= 4 is 40.8 Å². The topological polar surface area (TPSA) is 67.4 Å². The summed E-state index contributed by atoms with van der Waals surface area (Å²) in [4.78, 5) is 24.6. The number of fused-ring (bicyclic) bond motifs is 1. The minimum atomic E-state index is -0.581. The Labute approximate surface area is 161 Å². The first-order chi connectivity index (χ1) is 12.5. The summed E-state index contributed by atoms with van der Waals surface area (Å²) in [7, 11) is 1.33. The van der Waals surface area contributed by atoms with Gasteiger partial charge in [0.15, 0.2) is 0 Å². The number of esters is 1. The number of nitrogens with one attached hydrogen (secondary N) is 2. The van der Waals surface area contributed by atoms with E-state index in [0.29, 0.717) is 27.7 Å². The van der Waals surface area contributed by atoms with E-state index in [4.69, 9.17) is 27.9 Å². The van der Waals surface area contributed by atoms with Gasteiger partial charge in [0.2, 0.25) is 5.91 Å². The monoisotopic (exact) mass is 392 g/mol. The summed E-state index contributed by atoms with van der Waals surface area (Å²) >= 11 is 12.4. The number of amides is 1. The molecule has 2 atom stereocenters. The van der Waals surface area contributed by atoms with E-state index in [0.717, 1.165) is 5.56 Å². The van der Waals surface area contributed by atoms with E-state index in [-0.39, 0.29) is 12.3 Å². The number of hydrogen-bond donors (Lipinski definition) is 2. The highest BCUT2D eigenvalue weighted by molar-refractivity contribution is 6.36. The van der Waals surface area contributed by atoms with Crippen molar-refractivity contribution < 1.29 is 14.3 Å². The molecule has 136 valence electrons. The highest BCUT2D eigenvalue weighted by Gasteiger charge is 2.35. The summed E-state index contributed by atoms with van der Waals surface area (Å²) in [5.41, 5.74) is 2.17. The zero-order valence-corrected chi connectivity index (χ0v) is 15.6. The molecule has 1 aliphatic heterocycles. The van der Waals surface area contributed by atoms with Gasteiger partial charge in [-0.25, -0.2) is 0 Å². The highest BCUT2D eigenvalue weighted by atomic mass is 35.5. The molecule has 5 nitrogen and oxygen atoms in total. The predicted molar refractivity (Wildman–Crippen MR) is 102 cm³/mol. The van der Waals surface area contributed by atoms with Gasteiger partial charge in [-0.3, -0.25) is 9.59 Å². The van der Waals surface area contributed by atoms with Crippen LogP contribution in [0.2, 0.25) is 10.0 Å².